The molecule has 1 heterocycles. The number of amides is 1. The van der Waals surface area contributed by atoms with E-state index >= 15 is 0 Å². The summed E-state index contributed by atoms with van der Waals surface area (Å²) in [5.41, 5.74) is 1.17. The first-order valence-corrected chi connectivity index (χ1v) is 10.6. The molecule has 1 aromatic carbocycles. The molecule has 6 nitrogen and oxygen atoms in total. The van der Waals surface area contributed by atoms with Crippen molar-refractivity contribution < 1.29 is 9.53 Å². The summed E-state index contributed by atoms with van der Waals surface area (Å²) in [5, 5.41) is 7.76. The average molecular weight is 393 g/mol. The van der Waals surface area contributed by atoms with E-state index < -0.39 is 0 Å². The van der Waals surface area contributed by atoms with Crippen molar-refractivity contribution in [1.29, 1.82) is 0 Å². The third-order valence-corrected chi connectivity index (χ3v) is 6.97. The molecule has 1 aromatic heterocycles. The Morgan fingerprint density at radius 2 is 1.83 bits per heavy atom. The van der Waals surface area contributed by atoms with Crippen LogP contribution in [0.25, 0.3) is 11.3 Å². The molecule has 4 saturated carbocycles. The first-order chi connectivity index (χ1) is 14.0. The maximum Gasteiger partial charge on any atom is 0.267 e. The van der Waals surface area contributed by atoms with Crippen LogP contribution < -0.4 is 15.6 Å². The Labute approximate surface area is 170 Å². The lowest BCUT2D eigenvalue weighted by Crippen LogP contribution is -2.60. The Kier molecular flexibility index (Phi) is 4.45. The van der Waals surface area contributed by atoms with Crippen LogP contribution in [0, 0.1) is 17.8 Å². The number of hydrogen-bond acceptors (Lipinski definition) is 4. The normalized spacial score (nSPS) is 29.6. The lowest BCUT2D eigenvalue weighted by atomic mass is 9.53. The lowest BCUT2D eigenvalue weighted by Gasteiger charge is -2.56. The molecular formula is C23H27N3O3. The van der Waals surface area contributed by atoms with Crippen LogP contribution in [0.15, 0.2) is 41.2 Å². The largest absolute Gasteiger partial charge is 0.497 e. The fourth-order valence-electron chi connectivity index (χ4n) is 6.23. The van der Waals surface area contributed by atoms with E-state index in [0.717, 1.165) is 48.3 Å². The summed E-state index contributed by atoms with van der Waals surface area (Å²) in [5.74, 6) is 2.90. The molecule has 0 atom stereocenters. The highest BCUT2D eigenvalue weighted by Gasteiger charge is 2.51. The fourth-order valence-corrected chi connectivity index (χ4v) is 6.23. The number of methoxy groups -OCH3 is 1. The zero-order valence-corrected chi connectivity index (χ0v) is 16.8. The maximum absolute atomic E-state index is 12.9. The number of carbonyl (C=O) groups is 1. The van der Waals surface area contributed by atoms with Crippen LogP contribution in [0.1, 0.15) is 38.5 Å². The van der Waals surface area contributed by atoms with Crippen molar-refractivity contribution in [3.05, 3.63) is 46.8 Å². The van der Waals surface area contributed by atoms with E-state index in [-0.39, 0.29) is 23.6 Å². The average Bonchev–Trinajstić information content (AvgIpc) is 2.68. The molecule has 1 N–H and O–H groups in total. The third kappa shape index (κ3) is 3.56. The first-order valence-electron chi connectivity index (χ1n) is 10.6. The Bertz CT molecular complexity index is 962. The van der Waals surface area contributed by atoms with Crippen molar-refractivity contribution in [1.82, 2.24) is 15.1 Å². The molecular weight excluding hydrogens is 366 g/mol. The van der Waals surface area contributed by atoms with Gasteiger partial charge in [0.15, 0.2) is 0 Å². The van der Waals surface area contributed by atoms with Crippen molar-refractivity contribution in [3.63, 3.8) is 0 Å². The number of ether oxygens (including phenoxy) is 1. The minimum Gasteiger partial charge on any atom is -0.497 e. The maximum atomic E-state index is 12.9. The van der Waals surface area contributed by atoms with Crippen LogP contribution in [0.4, 0.5) is 0 Å². The number of benzene rings is 1. The molecule has 0 radical (unpaired) electrons. The van der Waals surface area contributed by atoms with Crippen molar-refractivity contribution in [2.24, 2.45) is 17.8 Å². The van der Waals surface area contributed by atoms with Crippen molar-refractivity contribution in [3.8, 4) is 17.0 Å². The molecule has 1 amide bonds. The molecule has 2 aromatic rings. The van der Waals surface area contributed by atoms with Gasteiger partial charge in [0.25, 0.3) is 5.56 Å². The van der Waals surface area contributed by atoms with Gasteiger partial charge in [0.05, 0.1) is 12.8 Å². The summed E-state index contributed by atoms with van der Waals surface area (Å²) in [4.78, 5) is 25.2. The predicted octanol–water partition coefficient (Wildman–Crippen LogP) is 3.00. The zero-order chi connectivity index (χ0) is 20.0. The fraction of sp³-hybridized carbons (Fsp3) is 0.522. The molecule has 4 bridgehead atoms. The minimum absolute atomic E-state index is 0.0433. The van der Waals surface area contributed by atoms with E-state index in [0.29, 0.717) is 5.69 Å². The van der Waals surface area contributed by atoms with Crippen LogP contribution in [0.3, 0.4) is 0 Å². The number of hydrogen-bond donors (Lipinski definition) is 1. The number of carbonyl (C=O) groups excluding carboxylic acids is 1. The van der Waals surface area contributed by atoms with Crippen molar-refractivity contribution in [2.75, 3.05) is 7.11 Å². The second kappa shape index (κ2) is 7.01. The van der Waals surface area contributed by atoms with E-state index in [1.807, 2.05) is 24.3 Å². The highest BCUT2D eigenvalue weighted by Crippen LogP contribution is 2.55. The molecule has 0 saturated heterocycles. The quantitative estimate of drug-likeness (QED) is 0.848. The Balaban J connectivity index is 1.34. The smallest absolute Gasteiger partial charge is 0.267 e. The SMILES string of the molecule is COc1cccc(-c2ccc(=O)n(CC(=O)NC34CC5CC(CC(C5)C3)C4)n2)c1. The van der Waals surface area contributed by atoms with E-state index in [1.165, 1.54) is 30.0 Å². The van der Waals surface area contributed by atoms with Gasteiger partial charge in [0, 0.05) is 17.2 Å². The predicted molar refractivity (Wildman–Crippen MR) is 110 cm³/mol. The van der Waals surface area contributed by atoms with Gasteiger partial charge >= 0.3 is 0 Å². The molecule has 0 aliphatic heterocycles. The summed E-state index contributed by atoms with van der Waals surface area (Å²) in [6.45, 7) is -0.0433. The first kappa shape index (κ1) is 18.4. The van der Waals surface area contributed by atoms with Crippen molar-refractivity contribution >= 4 is 5.91 Å². The Morgan fingerprint density at radius 1 is 1.14 bits per heavy atom. The van der Waals surface area contributed by atoms with Gasteiger partial charge in [-0.1, -0.05) is 12.1 Å². The summed E-state index contributed by atoms with van der Waals surface area (Å²) in [6.07, 6.45) is 7.28. The number of aromatic nitrogens is 2. The zero-order valence-electron chi connectivity index (χ0n) is 16.8. The summed E-state index contributed by atoms with van der Waals surface area (Å²) in [6, 6.07) is 10.7. The van der Waals surface area contributed by atoms with Crippen LogP contribution in [0.5, 0.6) is 5.75 Å². The molecule has 4 aliphatic rings. The minimum atomic E-state index is -0.266. The molecule has 152 valence electrons. The van der Waals surface area contributed by atoms with Crippen molar-refractivity contribution in [2.45, 2.75) is 50.6 Å². The van der Waals surface area contributed by atoms with E-state index in [1.54, 1.807) is 13.2 Å². The summed E-state index contributed by atoms with van der Waals surface area (Å²) < 4.78 is 6.54. The van der Waals surface area contributed by atoms with Crippen LogP contribution in [0.2, 0.25) is 0 Å². The number of nitrogens with one attached hydrogen (secondary N) is 1. The Hall–Kier alpha value is -2.63. The molecule has 0 spiro atoms. The van der Waals surface area contributed by atoms with Gasteiger partial charge < -0.3 is 10.1 Å². The molecule has 4 fully saturated rings. The molecule has 6 rings (SSSR count). The van der Waals surface area contributed by atoms with Gasteiger partial charge in [-0.15, -0.1) is 0 Å². The van der Waals surface area contributed by atoms with Gasteiger partial charge in [-0.2, -0.15) is 5.10 Å². The standard InChI is InChI=1S/C23H27N3O3/c1-29-19-4-2-3-18(10-19)20-5-6-22(28)26(25-20)14-21(27)24-23-11-15-7-16(12-23)9-17(8-15)13-23/h2-6,10,15-17H,7-9,11-14H2,1H3,(H,24,27). The molecule has 4 aliphatic carbocycles. The van der Waals surface area contributed by atoms with Gasteiger partial charge in [0.1, 0.15) is 12.3 Å². The summed E-state index contributed by atoms with van der Waals surface area (Å²) >= 11 is 0. The Morgan fingerprint density at radius 3 is 2.48 bits per heavy atom. The molecule has 29 heavy (non-hydrogen) atoms. The number of nitrogens with zero attached hydrogens (tertiary/aromatic N) is 2. The van der Waals surface area contributed by atoms with E-state index in [2.05, 4.69) is 10.4 Å². The van der Waals surface area contributed by atoms with Crippen LogP contribution in [-0.2, 0) is 11.3 Å². The highest BCUT2D eigenvalue weighted by atomic mass is 16.5. The van der Waals surface area contributed by atoms with Gasteiger partial charge in [-0.05, 0) is 74.5 Å². The summed E-state index contributed by atoms with van der Waals surface area (Å²) in [7, 11) is 1.61. The second-order valence-electron chi connectivity index (χ2n) is 9.19. The van der Waals surface area contributed by atoms with E-state index in [9.17, 15) is 9.59 Å². The van der Waals surface area contributed by atoms with Gasteiger partial charge in [-0.3, -0.25) is 9.59 Å². The lowest BCUT2D eigenvalue weighted by molar-refractivity contribution is -0.127. The third-order valence-electron chi connectivity index (χ3n) is 6.97. The second-order valence-corrected chi connectivity index (χ2v) is 9.19. The number of rotatable bonds is 5. The van der Waals surface area contributed by atoms with Crippen LogP contribution >= 0.6 is 0 Å². The highest BCUT2D eigenvalue weighted by molar-refractivity contribution is 5.76. The van der Waals surface area contributed by atoms with Gasteiger partial charge in [0.2, 0.25) is 5.91 Å². The molecule has 0 unspecified atom stereocenters. The van der Waals surface area contributed by atoms with Gasteiger partial charge in [-0.25, -0.2) is 4.68 Å². The monoisotopic (exact) mass is 393 g/mol. The van der Waals surface area contributed by atoms with E-state index in [4.69, 9.17) is 4.74 Å². The van der Waals surface area contributed by atoms with Crippen LogP contribution in [-0.4, -0.2) is 28.3 Å². The molecule has 6 heteroatoms. The topological polar surface area (TPSA) is 73.2 Å².